The van der Waals surface area contributed by atoms with Crippen molar-refractivity contribution >= 4 is 45.1 Å². The van der Waals surface area contributed by atoms with Crippen LogP contribution in [0.5, 0.6) is 0 Å². The van der Waals surface area contributed by atoms with Gasteiger partial charge in [0.15, 0.2) is 0 Å². The highest BCUT2D eigenvalue weighted by Crippen LogP contribution is 2.68. The summed E-state index contributed by atoms with van der Waals surface area (Å²) in [6, 6.07) is 0. The number of allylic oxidation sites excluding steroid dienone is 1. The Morgan fingerprint density at radius 1 is 1.38 bits per heavy atom. The van der Waals surface area contributed by atoms with E-state index in [0.717, 1.165) is 19.3 Å². The van der Waals surface area contributed by atoms with E-state index in [-0.39, 0.29) is 11.3 Å². The zero-order valence-electron chi connectivity index (χ0n) is 9.27. The van der Waals surface area contributed by atoms with Gasteiger partial charge in [-0.15, -0.1) is 0 Å². The van der Waals surface area contributed by atoms with Crippen molar-refractivity contribution in [2.24, 2.45) is 17.3 Å². The van der Waals surface area contributed by atoms with Gasteiger partial charge in [-0.25, -0.2) is 0 Å². The molecule has 0 aromatic heterocycles. The fraction of sp³-hybridized carbons (Fsp3) is 0.727. The molecule has 3 unspecified atom stereocenters. The molecule has 0 heterocycles. The van der Waals surface area contributed by atoms with E-state index in [9.17, 15) is 9.90 Å². The molecule has 0 radical (unpaired) electrons. The minimum Gasteiger partial charge on any atom is -0.481 e. The van der Waals surface area contributed by atoms with Crippen molar-refractivity contribution in [3.05, 3.63) is 8.97 Å². The third-order valence-electron chi connectivity index (χ3n) is 3.56. The lowest BCUT2D eigenvalue weighted by Crippen LogP contribution is -2.09. The van der Waals surface area contributed by atoms with E-state index in [0.29, 0.717) is 8.97 Å². The van der Waals surface area contributed by atoms with Gasteiger partial charge >= 0.3 is 5.97 Å². The Balaban J connectivity index is 3.01. The van der Waals surface area contributed by atoms with Gasteiger partial charge in [0.2, 0.25) is 0 Å². The summed E-state index contributed by atoms with van der Waals surface area (Å²) in [7, 11) is 0. The molecule has 0 saturated heterocycles. The Labute approximate surface area is 114 Å². The molecule has 1 saturated carbocycles. The van der Waals surface area contributed by atoms with Gasteiger partial charge in [-0.3, -0.25) is 4.79 Å². The van der Waals surface area contributed by atoms with Crippen molar-refractivity contribution in [3.8, 4) is 0 Å². The van der Waals surface area contributed by atoms with Crippen LogP contribution in [-0.4, -0.2) is 11.1 Å². The van der Waals surface area contributed by atoms with Crippen LogP contribution in [0.15, 0.2) is 8.97 Å². The number of carbonyl (C=O) groups is 1. The number of carboxylic acids is 1. The molecule has 1 rings (SSSR count). The average molecular weight is 330 g/mol. The second-order valence-electron chi connectivity index (χ2n) is 4.24. The molecular formula is C11H15BrCl2O2. The molecule has 0 amide bonds. The lowest BCUT2D eigenvalue weighted by atomic mass is 9.92. The molecule has 0 spiro atoms. The summed E-state index contributed by atoms with van der Waals surface area (Å²) in [6.07, 6.45) is 2.65. The van der Waals surface area contributed by atoms with E-state index in [2.05, 4.69) is 22.9 Å². The predicted molar refractivity (Wildman–Crippen MR) is 69.9 cm³/mol. The van der Waals surface area contributed by atoms with Crippen LogP contribution in [0.2, 0.25) is 0 Å². The molecule has 0 aromatic carbocycles. The third-order valence-corrected chi connectivity index (χ3v) is 4.94. The number of aliphatic carboxylic acids is 1. The van der Waals surface area contributed by atoms with Crippen LogP contribution in [-0.2, 0) is 4.79 Å². The fourth-order valence-electron chi connectivity index (χ4n) is 2.79. The van der Waals surface area contributed by atoms with Gasteiger partial charge < -0.3 is 5.11 Å². The van der Waals surface area contributed by atoms with E-state index in [1.165, 1.54) is 0 Å². The standard InChI is InChI=1S/C11H15BrCl2O2/c1-3-5-11(4-2)6(7(11)10(15)16)8(13)9(12)14/h6-7H,3-5H2,1-2H3,(H,15,16)/b9-8+. The fourth-order valence-corrected chi connectivity index (χ4v) is 3.50. The number of halogens is 3. The number of rotatable bonds is 5. The summed E-state index contributed by atoms with van der Waals surface area (Å²) in [4.78, 5) is 11.2. The van der Waals surface area contributed by atoms with E-state index >= 15 is 0 Å². The average Bonchev–Trinajstić information content (AvgIpc) is 2.87. The molecule has 0 aromatic rings. The first-order valence-corrected chi connectivity index (χ1v) is 6.90. The van der Waals surface area contributed by atoms with Crippen molar-refractivity contribution in [1.29, 1.82) is 0 Å². The molecule has 2 nitrogen and oxygen atoms in total. The van der Waals surface area contributed by atoms with Crippen LogP contribution in [0.3, 0.4) is 0 Å². The monoisotopic (exact) mass is 328 g/mol. The van der Waals surface area contributed by atoms with Crippen LogP contribution in [0.4, 0.5) is 0 Å². The number of hydrogen-bond acceptors (Lipinski definition) is 1. The summed E-state index contributed by atoms with van der Waals surface area (Å²) in [6.45, 7) is 4.07. The highest BCUT2D eigenvalue weighted by atomic mass is 79.9. The third kappa shape index (κ3) is 2.27. The van der Waals surface area contributed by atoms with E-state index in [4.69, 9.17) is 23.2 Å². The van der Waals surface area contributed by atoms with Crippen LogP contribution in [0, 0.1) is 17.3 Å². The minimum atomic E-state index is -0.774. The van der Waals surface area contributed by atoms with Crippen LogP contribution in [0.1, 0.15) is 33.1 Å². The molecule has 1 aliphatic carbocycles. The summed E-state index contributed by atoms with van der Waals surface area (Å²) >= 11 is 15.0. The zero-order valence-corrected chi connectivity index (χ0v) is 12.4. The maximum absolute atomic E-state index is 11.2. The highest BCUT2D eigenvalue weighted by Gasteiger charge is 2.67. The smallest absolute Gasteiger partial charge is 0.307 e. The minimum absolute atomic E-state index is 0.136. The summed E-state index contributed by atoms with van der Waals surface area (Å²) in [5.74, 6) is -1.30. The maximum atomic E-state index is 11.2. The lowest BCUT2D eigenvalue weighted by molar-refractivity contribution is -0.139. The largest absolute Gasteiger partial charge is 0.481 e. The topological polar surface area (TPSA) is 37.3 Å². The normalized spacial score (nSPS) is 34.6. The molecule has 1 aliphatic rings. The Morgan fingerprint density at radius 3 is 2.25 bits per heavy atom. The Bertz CT molecular complexity index is 326. The van der Waals surface area contributed by atoms with E-state index in [1.807, 2.05) is 6.92 Å². The highest BCUT2D eigenvalue weighted by molar-refractivity contribution is 9.12. The Kier molecular flexibility index (Phi) is 4.73. The van der Waals surface area contributed by atoms with Crippen molar-refractivity contribution in [2.45, 2.75) is 33.1 Å². The molecule has 1 N–H and O–H groups in total. The number of carboxylic acid groups (broad SMARTS) is 1. The zero-order chi connectivity index (χ0) is 12.5. The summed E-state index contributed by atoms with van der Waals surface area (Å²) in [5.41, 5.74) is -0.203. The first-order valence-electron chi connectivity index (χ1n) is 5.35. The predicted octanol–water partition coefficient (Wildman–Crippen LogP) is 4.56. The molecule has 3 atom stereocenters. The lowest BCUT2D eigenvalue weighted by Gasteiger charge is -2.13. The van der Waals surface area contributed by atoms with Gasteiger partial charge in [-0.1, -0.05) is 43.5 Å². The van der Waals surface area contributed by atoms with Gasteiger partial charge in [0, 0.05) is 11.0 Å². The van der Waals surface area contributed by atoms with Crippen LogP contribution in [0.25, 0.3) is 0 Å². The quantitative estimate of drug-likeness (QED) is 0.803. The van der Waals surface area contributed by atoms with E-state index in [1.54, 1.807) is 0 Å². The van der Waals surface area contributed by atoms with E-state index < -0.39 is 11.9 Å². The van der Waals surface area contributed by atoms with Gasteiger partial charge in [0.05, 0.1) is 9.86 Å². The second-order valence-corrected chi connectivity index (χ2v) is 6.27. The molecule has 16 heavy (non-hydrogen) atoms. The molecule has 5 heteroatoms. The SMILES string of the molecule is CCCC1(CC)C(C(=O)O)C1/C(Cl)=C(\Cl)Br. The van der Waals surface area contributed by atoms with Gasteiger partial charge in [0.25, 0.3) is 0 Å². The van der Waals surface area contributed by atoms with Gasteiger partial charge in [0.1, 0.15) is 0 Å². The van der Waals surface area contributed by atoms with Gasteiger partial charge in [-0.05, 0) is 34.2 Å². The Hall–Kier alpha value is 0.270. The summed E-state index contributed by atoms with van der Waals surface area (Å²) < 4.78 is 0.330. The molecule has 1 fully saturated rings. The summed E-state index contributed by atoms with van der Waals surface area (Å²) in [5, 5.41) is 9.66. The molecule has 0 aliphatic heterocycles. The molecule has 0 bridgehead atoms. The van der Waals surface area contributed by atoms with Crippen molar-refractivity contribution in [1.82, 2.24) is 0 Å². The van der Waals surface area contributed by atoms with Crippen LogP contribution >= 0.6 is 39.1 Å². The molecular weight excluding hydrogens is 315 g/mol. The maximum Gasteiger partial charge on any atom is 0.307 e. The van der Waals surface area contributed by atoms with Crippen LogP contribution < -0.4 is 0 Å². The first-order chi connectivity index (χ1) is 7.42. The Morgan fingerprint density at radius 2 is 1.94 bits per heavy atom. The number of hydrogen-bond donors (Lipinski definition) is 1. The van der Waals surface area contributed by atoms with Crippen molar-refractivity contribution in [3.63, 3.8) is 0 Å². The molecule has 92 valence electrons. The van der Waals surface area contributed by atoms with Crippen molar-refractivity contribution < 1.29 is 9.90 Å². The second kappa shape index (κ2) is 5.28. The van der Waals surface area contributed by atoms with Gasteiger partial charge in [-0.2, -0.15) is 0 Å². The van der Waals surface area contributed by atoms with Crippen molar-refractivity contribution in [2.75, 3.05) is 0 Å². The first kappa shape index (κ1) is 14.3.